The summed E-state index contributed by atoms with van der Waals surface area (Å²) in [5.74, 6) is -0.972. The minimum Gasteiger partial charge on any atom is -0.478 e. The van der Waals surface area contributed by atoms with Crippen molar-refractivity contribution in [2.45, 2.75) is 45.7 Å². The lowest BCUT2D eigenvalue weighted by molar-refractivity contribution is -0.121. The third-order valence-electron chi connectivity index (χ3n) is 3.09. The van der Waals surface area contributed by atoms with Crippen LogP contribution in [0.15, 0.2) is 0 Å². The molecule has 1 fully saturated rings. The molecule has 1 aliphatic carbocycles. The Morgan fingerprint density at radius 3 is 2.61 bits per heavy atom. The summed E-state index contributed by atoms with van der Waals surface area (Å²) >= 11 is 0. The van der Waals surface area contributed by atoms with Crippen LogP contribution in [-0.4, -0.2) is 32.8 Å². The first-order chi connectivity index (χ1) is 8.49. The highest BCUT2D eigenvalue weighted by Gasteiger charge is 2.23. The molecule has 0 spiro atoms. The van der Waals surface area contributed by atoms with Gasteiger partial charge in [-0.25, -0.2) is 4.79 Å². The summed E-state index contributed by atoms with van der Waals surface area (Å²) in [4.78, 5) is 22.6. The van der Waals surface area contributed by atoms with E-state index in [9.17, 15) is 9.59 Å². The summed E-state index contributed by atoms with van der Waals surface area (Å²) in [5.41, 5.74) is 1.32. The smallest absolute Gasteiger partial charge is 0.339 e. The van der Waals surface area contributed by atoms with E-state index in [1.54, 1.807) is 18.5 Å². The van der Waals surface area contributed by atoms with E-state index < -0.39 is 5.97 Å². The van der Waals surface area contributed by atoms with Gasteiger partial charge in [-0.2, -0.15) is 5.10 Å². The number of carboxylic acid groups (broad SMARTS) is 1. The highest BCUT2D eigenvalue weighted by molar-refractivity contribution is 5.90. The molecule has 2 rings (SSSR count). The Kier molecular flexibility index (Phi) is 3.36. The Balaban J connectivity index is 1.98. The van der Waals surface area contributed by atoms with Crippen molar-refractivity contribution in [3.8, 4) is 0 Å². The summed E-state index contributed by atoms with van der Waals surface area (Å²) in [6.07, 6.45) is 2.46. The Labute approximate surface area is 105 Å². The molecule has 6 heteroatoms. The fourth-order valence-corrected chi connectivity index (χ4v) is 1.96. The van der Waals surface area contributed by atoms with Crippen LogP contribution in [0.4, 0.5) is 0 Å². The van der Waals surface area contributed by atoms with Gasteiger partial charge in [0, 0.05) is 19.0 Å². The Morgan fingerprint density at radius 1 is 1.44 bits per heavy atom. The highest BCUT2D eigenvalue weighted by Crippen LogP contribution is 2.19. The molecule has 1 aliphatic rings. The first-order valence-corrected chi connectivity index (χ1v) is 6.05. The van der Waals surface area contributed by atoms with Crippen molar-refractivity contribution < 1.29 is 14.7 Å². The van der Waals surface area contributed by atoms with Gasteiger partial charge in [0.2, 0.25) is 5.91 Å². The van der Waals surface area contributed by atoms with Gasteiger partial charge in [0.25, 0.3) is 0 Å². The number of carboxylic acids is 1. The van der Waals surface area contributed by atoms with Crippen LogP contribution in [0.1, 0.15) is 41.0 Å². The van der Waals surface area contributed by atoms with E-state index in [1.165, 1.54) is 0 Å². The highest BCUT2D eigenvalue weighted by atomic mass is 16.4. The molecule has 0 bridgehead atoms. The molecule has 1 aromatic rings. The topological polar surface area (TPSA) is 84.2 Å². The average molecular weight is 251 g/mol. The van der Waals surface area contributed by atoms with Gasteiger partial charge in [-0.1, -0.05) is 0 Å². The van der Waals surface area contributed by atoms with Crippen LogP contribution < -0.4 is 5.32 Å². The van der Waals surface area contributed by atoms with Crippen LogP contribution in [0.5, 0.6) is 0 Å². The van der Waals surface area contributed by atoms with Gasteiger partial charge in [0.05, 0.1) is 11.4 Å². The summed E-state index contributed by atoms with van der Waals surface area (Å²) in [6.45, 7) is 3.79. The number of hydrogen-bond donors (Lipinski definition) is 2. The van der Waals surface area contributed by atoms with Crippen molar-refractivity contribution in [3.05, 3.63) is 17.0 Å². The van der Waals surface area contributed by atoms with E-state index in [-0.39, 0.29) is 11.5 Å². The predicted octanol–water partition coefficient (Wildman–Crippen LogP) is 0.867. The van der Waals surface area contributed by atoms with Gasteiger partial charge in [-0.15, -0.1) is 0 Å². The lowest BCUT2D eigenvalue weighted by Crippen LogP contribution is -2.26. The molecule has 18 heavy (non-hydrogen) atoms. The third-order valence-corrected chi connectivity index (χ3v) is 3.09. The van der Waals surface area contributed by atoms with Crippen molar-refractivity contribution in [2.75, 3.05) is 0 Å². The maximum Gasteiger partial charge on any atom is 0.339 e. The fraction of sp³-hybridized carbons (Fsp3) is 0.583. The van der Waals surface area contributed by atoms with E-state index in [1.807, 2.05) is 0 Å². The minimum absolute atomic E-state index is 0.00179. The lowest BCUT2D eigenvalue weighted by atomic mass is 10.2. The molecule has 0 aliphatic heterocycles. The Hall–Kier alpha value is -1.85. The lowest BCUT2D eigenvalue weighted by Gasteiger charge is -2.05. The molecule has 2 N–H and O–H groups in total. The van der Waals surface area contributed by atoms with Gasteiger partial charge in [-0.3, -0.25) is 9.48 Å². The van der Waals surface area contributed by atoms with E-state index in [0.717, 1.165) is 12.8 Å². The van der Waals surface area contributed by atoms with Crippen LogP contribution in [0.2, 0.25) is 0 Å². The number of nitrogens with zero attached hydrogens (tertiary/aromatic N) is 2. The quantitative estimate of drug-likeness (QED) is 0.813. The molecule has 1 amide bonds. The molecule has 1 heterocycles. The molecule has 0 atom stereocenters. The number of rotatable bonds is 5. The zero-order chi connectivity index (χ0) is 13.3. The second-order valence-corrected chi connectivity index (χ2v) is 4.67. The monoisotopic (exact) mass is 251 g/mol. The van der Waals surface area contributed by atoms with Gasteiger partial charge in [-0.05, 0) is 26.7 Å². The molecule has 0 radical (unpaired) electrons. The molecule has 1 saturated carbocycles. The molecule has 6 nitrogen and oxygen atoms in total. The number of nitrogens with one attached hydrogen (secondary N) is 1. The zero-order valence-electron chi connectivity index (χ0n) is 10.6. The number of aromatic nitrogens is 2. The number of amides is 1. The van der Waals surface area contributed by atoms with E-state index in [4.69, 9.17) is 5.11 Å². The van der Waals surface area contributed by atoms with Gasteiger partial charge in [0.1, 0.15) is 5.56 Å². The molecule has 0 unspecified atom stereocenters. The van der Waals surface area contributed by atoms with Crippen LogP contribution in [0.3, 0.4) is 0 Å². The molecular formula is C12H17N3O3. The summed E-state index contributed by atoms with van der Waals surface area (Å²) in [5, 5.41) is 16.1. The van der Waals surface area contributed by atoms with Gasteiger partial charge >= 0.3 is 5.97 Å². The van der Waals surface area contributed by atoms with E-state index in [2.05, 4.69) is 10.4 Å². The normalized spacial score (nSPS) is 14.6. The van der Waals surface area contributed by atoms with Crippen molar-refractivity contribution in [3.63, 3.8) is 0 Å². The SMILES string of the molecule is Cc1nn(CCC(=O)NC2CC2)c(C)c1C(=O)O. The first-order valence-electron chi connectivity index (χ1n) is 6.05. The van der Waals surface area contributed by atoms with Crippen LogP contribution in [0.25, 0.3) is 0 Å². The zero-order valence-corrected chi connectivity index (χ0v) is 10.6. The number of aromatic carboxylic acids is 1. The summed E-state index contributed by atoms with van der Waals surface area (Å²) in [6, 6.07) is 0.354. The second kappa shape index (κ2) is 4.80. The molecule has 98 valence electrons. The third kappa shape index (κ3) is 2.69. The predicted molar refractivity (Wildman–Crippen MR) is 64.4 cm³/mol. The number of carbonyl (C=O) groups is 2. The maximum atomic E-state index is 11.5. The van der Waals surface area contributed by atoms with Crippen molar-refractivity contribution in [2.24, 2.45) is 0 Å². The standard InChI is InChI=1S/C12H17N3O3/c1-7-11(12(17)18)8(2)15(14-7)6-5-10(16)13-9-3-4-9/h9H,3-6H2,1-2H3,(H,13,16)(H,17,18). The van der Waals surface area contributed by atoms with E-state index in [0.29, 0.717) is 30.4 Å². The summed E-state index contributed by atoms with van der Waals surface area (Å²) < 4.78 is 1.59. The van der Waals surface area contributed by atoms with Gasteiger partial charge in [0.15, 0.2) is 0 Å². The molecule has 1 aromatic heterocycles. The van der Waals surface area contributed by atoms with Crippen molar-refractivity contribution in [1.82, 2.24) is 15.1 Å². The molecule has 0 saturated heterocycles. The number of aryl methyl sites for hydroxylation is 2. The maximum absolute atomic E-state index is 11.5. The largest absolute Gasteiger partial charge is 0.478 e. The number of hydrogen-bond acceptors (Lipinski definition) is 3. The average Bonchev–Trinajstić information content (AvgIpc) is 3.02. The van der Waals surface area contributed by atoms with Crippen LogP contribution >= 0.6 is 0 Å². The number of carbonyl (C=O) groups excluding carboxylic acids is 1. The Bertz CT molecular complexity index is 489. The Morgan fingerprint density at radius 2 is 2.11 bits per heavy atom. The van der Waals surface area contributed by atoms with Crippen molar-refractivity contribution in [1.29, 1.82) is 0 Å². The van der Waals surface area contributed by atoms with Gasteiger partial charge < -0.3 is 10.4 Å². The molecular weight excluding hydrogens is 234 g/mol. The van der Waals surface area contributed by atoms with Crippen LogP contribution in [0, 0.1) is 13.8 Å². The fourth-order valence-electron chi connectivity index (χ4n) is 1.96. The van der Waals surface area contributed by atoms with Crippen LogP contribution in [-0.2, 0) is 11.3 Å². The minimum atomic E-state index is -0.973. The second-order valence-electron chi connectivity index (χ2n) is 4.67. The molecule has 0 aromatic carbocycles. The summed E-state index contributed by atoms with van der Waals surface area (Å²) in [7, 11) is 0. The van der Waals surface area contributed by atoms with Crippen molar-refractivity contribution >= 4 is 11.9 Å². The van der Waals surface area contributed by atoms with E-state index >= 15 is 0 Å². The first kappa shape index (κ1) is 12.6.